The molecule has 0 saturated carbocycles. The third kappa shape index (κ3) is 2.35. The number of anilines is 2. The molecule has 0 spiro atoms. The molecular weight excluding hydrogens is 156 g/mol. The predicted octanol–water partition coefficient (Wildman–Crippen LogP) is -0.149. The number of aromatic nitrogens is 2. The molecule has 0 fully saturated rings. The van der Waals surface area contributed by atoms with Gasteiger partial charge in [0.2, 0.25) is 5.95 Å². The largest absolute Gasteiger partial charge is 0.396 e. The number of aliphatic hydroxyl groups is 1. The first kappa shape index (κ1) is 8.73. The molecule has 0 aromatic carbocycles. The Kier molecular flexibility index (Phi) is 2.82. The maximum Gasteiger partial charge on any atom is 0.223 e. The Labute approximate surface area is 70.6 Å². The highest BCUT2D eigenvalue weighted by molar-refractivity contribution is 5.36. The Morgan fingerprint density at radius 3 is 2.67 bits per heavy atom. The summed E-state index contributed by atoms with van der Waals surface area (Å²) in [5.74, 6) is 0.478. The van der Waals surface area contributed by atoms with Crippen LogP contribution in [0.2, 0.25) is 0 Å². The van der Waals surface area contributed by atoms with E-state index in [4.69, 9.17) is 10.8 Å². The summed E-state index contributed by atoms with van der Waals surface area (Å²) in [5, 5.41) is 11.6. The number of nitrogen functional groups attached to an aromatic ring is 1. The van der Waals surface area contributed by atoms with Crippen LogP contribution in [0.5, 0.6) is 0 Å². The van der Waals surface area contributed by atoms with Gasteiger partial charge in [0.05, 0.1) is 24.7 Å². The van der Waals surface area contributed by atoms with Gasteiger partial charge in [-0.3, -0.25) is 0 Å². The second kappa shape index (κ2) is 3.87. The lowest BCUT2D eigenvalue weighted by molar-refractivity contribution is 0.281. The Bertz CT molecular complexity index is 236. The van der Waals surface area contributed by atoms with E-state index in [2.05, 4.69) is 15.3 Å². The maximum atomic E-state index is 8.71. The van der Waals surface area contributed by atoms with Crippen LogP contribution >= 0.6 is 0 Å². The first-order chi connectivity index (χ1) is 5.72. The van der Waals surface area contributed by atoms with Gasteiger partial charge in [0.15, 0.2) is 0 Å². The van der Waals surface area contributed by atoms with Gasteiger partial charge in [-0.25, -0.2) is 9.97 Å². The minimum Gasteiger partial charge on any atom is -0.396 e. The van der Waals surface area contributed by atoms with Crippen LogP contribution in [0.25, 0.3) is 0 Å². The zero-order valence-electron chi connectivity index (χ0n) is 6.86. The van der Waals surface area contributed by atoms with E-state index < -0.39 is 0 Å². The molecule has 1 aromatic heterocycles. The number of aliphatic hydroxyl groups excluding tert-OH is 1. The summed E-state index contributed by atoms with van der Waals surface area (Å²) < 4.78 is 0. The summed E-state index contributed by atoms with van der Waals surface area (Å²) in [5.41, 5.74) is 5.91. The van der Waals surface area contributed by atoms with E-state index in [-0.39, 0.29) is 12.6 Å². The first-order valence-electron chi connectivity index (χ1n) is 3.67. The van der Waals surface area contributed by atoms with Crippen molar-refractivity contribution in [1.82, 2.24) is 9.97 Å². The topological polar surface area (TPSA) is 84.1 Å². The summed E-state index contributed by atoms with van der Waals surface area (Å²) in [6, 6.07) is -0.0476. The molecule has 0 aliphatic heterocycles. The zero-order chi connectivity index (χ0) is 8.97. The number of nitrogens with one attached hydrogen (secondary N) is 1. The highest BCUT2D eigenvalue weighted by atomic mass is 16.3. The monoisotopic (exact) mass is 168 g/mol. The van der Waals surface area contributed by atoms with Crippen LogP contribution in [-0.2, 0) is 0 Å². The van der Waals surface area contributed by atoms with Crippen molar-refractivity contribution in [3.8, 4) is 0 Å². The third-order valence-electron chi connectivity index (χ3n) is 1.32. The molecule has 0 radical (unpaired) electrons. The van der Waals surface area contributed by atoms with Gasteiger partial charge < -0.3 is 16.2 Å². The van der Waals surface area contributed by atoms with Crippen LogP contribution in [0, 0.1) is 0 Å². The summed E-state index contributed by atoms with van der Waals surface area (Å²) >= 11 is 0. The molecular formula is C7H12N4O. The summed E-state index contributed by atoms with van der Waals surface area (Å²) in [6.45, 7) is 1.88. The summed E-state index contributed by atoms with van der Waals surface area (Å²) in [4.78, 5) is 7.82. The normalized spacial score (nSPS) is 12.5. The van der Waals surface area contributed by atoms with Crippen LogP contribution < -0.4 is 11.1 Å². The predicted molar refractivity (Wildman–Crippen MR) is 46.6 cm³/mol. The van der Waals surface area contributed by atoms with Gasteiger partial charge in [-0.2, -0.15) is 0 Å². The van der Waals surface area contributed by atoms with Crippen LogP contribution in [-0.4, -0.2) is 27.7 Å². The van der Waals surface area contributed by atoms with Crippen molar-refractivity contribution in [1.29, 1.82) is 0 Å². The second-order valence-electron chi connectivity index (χ2n) is 2.57. The van der Waals surface area contributed by atoms with Crippen molar-refractivity contribution >= 4 is 11.6 Å². The molecule has 12 heavy (non-hydrogen) atoms. The van der Waals surface area contributed by atoms with Gasteiger partial charge in [-0.15, -0.1) is 0 Å². The van der Waals surface area contributed by atoms with Crippen LogP contribution in [0.15, 0.2) is 12.4 Å². The lowest BCUT2D eigenvalue weighted by atomic mass is 10.4. The average molecular weight is 168 g/mol. The van der Waals surface area contributed by atoms with Gasteiger partial charge in [-0.05, 0) is 6.92 Å². The van der Waals surface area contributed by atoms with Gasteiger partial charge in [0.1, 0.15) is 0 Å². The number of rotatable bonds is 3. The minimum atomic E-state index is -0.0476. The molecule has 0 bridgehead atoms. The van der Waals surface area contributed by atoms with Crippen LogP contribution in [0.4, 0.5) is 11.6 Å². The fourth-order valence-electron chi connectivity index (χ4n) is 0.679. The lowest BCUT2D eigenvalue weighted by Gasteiger charge is -2.09. The Hall–Kier alpha value is -1.36. The third-order valence-corrected chi connectivity index (χ3v) is 1.32. The molecule has 0 aliphatic rings. The van der Waals surface area contributed by atoms with Crippen molar-refractivity contribution in [2.75, 3.05) is 17.7 Å². The SMILES string of the molecule is C[C@@H](CO)Nc1ncc(N)cn1. The van der Waals surface area contributed by atoms with Crippen LogP contribution in [0.1, 0.15) is 6.92 Å². The van der Waals surface area contributed by atoms with Gasteiger partial charge >= 0.3 is 0 Å². The molecule has 5 heteroatoms. The van der Waals surface area contributed by atoms with Crippen molar-refractivity contribution in [3.63, 3.8) is 0 Å². The number of nitrogens with zero attached hydrogens (tertiary/aromatic N) is 2. The molecule has 66 valence electrons. The molecule has 0 saturated heterocycles. The highest BCUT2D eigenvalue weighted by Crippen LogP contribution is 2.01. The Balaban J connectivity index is 2.58. The molecule has 0 aliphatic carbocycles. The van der Waals surface area contributed by atoms with Gasteiger partial charge in [-0.1, -0.05) is 0 Å². The Morgan fingerprint density at radius 2 is 2.17 bits per heavy atom. The first-order valence-corrected chi connectivity index (χ1v) is 3.67. The molecule has 1 heterocycles. The molecule has 0 amide bonds. The van der Waals surface area contributed by atoms with Crippen molar-refractivity contribution < 1.29 is 5.11 Å². The van der Waals surface area contributed by atoms with Crippen LogP contribution in [0.3, 0.4) is 0 Å². The second-order valence-corrected chi connectivity index (χ2v) is 2.57. The molecule has 0 unspecified atom stereocenters. The summed E-state index contributed by atoms with van der Waals surface area (Å²) in [6.07, 6.45) is 3.03. The molecule has 1 rings (SSSR count). The highest BCUT2D eigenvalue weighted by Gasteiger charge is 2.00. The smallest absolute Gasteiger partial charge is 0.223 e. The Morgan fingerprint density at radius 1 is 1.58 bits per heavy atom. The van der Waals surface area contributed by atoms with Gasteiger partial charge in [0.25, 0.3) is 0 Å². The fourth-order valence-corrected chi connectivity index (χ4v) is 0.679. The van der Waals surface area contributed by atoms with E-state index in [1.807, 2.05) is 6.92 Å². The van der Waals surface area contributed by atoms with Gasteiger partial charge in [0, 0.05) is 6.04 Å². The van der Waals surface area contributed by atoms with E-state index in [0.717, 1.165) is 0 Å². The molecule has 4 N–H and O–H groups in total. The van der Waals surface area contributed by atoms with E-state index in [1.165, 1.54) is 12.4 Å². The van der Waals surface area contributed by atoms with E-state index in [0.29, 0.717) is 11.6 Å². The minimum absolute atomic E-state index is 0.0476. The number of hydrogen-bond donors (Lipinski definition) is 3. The molecule has 1 aromatic rings. The molecule has 5 nitrogen and oxygen atoms in total. The standard InChI is InChI=1S/C7H12N4O/c1-5(4-12)11-7-9-2-6(8)3-10-7/h2-3,5,12H,4,8H2,1H3,(H,9,10,11)/t5-/m0/s1. The number of hydrogen-bond acceptors (Lipinski definition) is 5. The molecule has 1 atom stereocenters. The number of nitrogens with two attached hydrogens (primary N) is 1. The van der Waals surface area contributed by atoms with Crippen molar-refractivity contribution in [3.05, 3.63) is 12.4 Å². The van der Waals surface area contributed by atoms with Crippen molar-refractivity contribution in [2.24, 2.45) is 0 Å². The van der Waals surface area contributed by atoms with E-state index in [1.54, 1.807) is 0 Å². The maximum absolute atomic E-state index is 8.71. The summed E-state index contributed by atoms with van der Waals surface area (Å²) in [7, 11) is 0. The quantitative estimate of drug-likeness (QED) is 0.584. The lowest BCUT2D eigenvalue weighted by Crippen LogP contribution is -2.20. The van der Waals surface area contributed by atoms with E-state index in [9.17, 15) is 0 Å². The van der Waals surface area contributed by atoms with Crippen molar-refractivity contribution in [2.45, 2.75) is 13.0 Å². The average Bonchev–Trinajstić information content (AvgIpc) is 2.09. The fraction of sp³-hybridized carbons (Fsp3) is 0.429. The zero-order valence-corrected chi connectivity index (χ0v) is 6.86. The van der Waals surface area contributed by atoms with E-state index >= 15 is 0 Å².